The maximum absolute atomic E-state index is 11.3. The predicted molar refractivity (Wildman–Crippen MR) is 63.2 cm³/mol. The minimum Gasteiger partial charge on any atom is -0.462 e. The van der Waals surface area contributed by atoms with E-state index in [-0.39, 0.29) is 12.2 Å². The fourth-order valence-electron chi connectivity index (χ4n) is 0.962. The van der Waals surface area contributed by atoms with Gasteiger partial charge in [0.2, 0.25) is 0 Å². The third-order valence-electron chi connectivity index (χ3n) is 1.73. The highest BCUT2D eigenvalue weighted by Crippen LogP contribution is 2.10. The van der Waals surface area contributed by atoms with E-state index in [1.54, 1.807) is 25.1 Å². The number of carbonyl (C=O) groups is 1. The van der Waals surface area contributed by atoms with Crippen molar-refractivity contribution in [1.82, 2.24) is 4.98 Å². The lowest BCUT2D eigenvalue weighted by molar-refractivity contribution is -0.138. The van der Waals surface area contributed by atoms with Crippen molar-refractivity contribution < 1.29 is 9.53 Å². The second kappa shape index (κ2) is 6.51. The number of aromatic nitrogens is 1. The Hall–Kier alpha value is -2.06. The maximum atomic E-state index is 11.3. The zero-order valence-corrected chi connectivity index (χ0v) is 9.86. The molecule has 0 atom stereocenters. The molecule has 0 spiro atoms. The first-order valence-corrected chi connectivity index (χ1v) is 5.20. The Morgan fingerprint density at radius 3 is 3.00 bits per heavy atom. The average Bonchev–Trinajstić information content (AvgIpc) is 2.32. The summed E-state index contributed by atoms with van der Waals surface area (Å²) in [4.78, 5) is 15.1. The molecule has 6 heteroatoms. The molecule has 0 saturated carbocycles. The Labute approximate surface area is 104 Å². The molecule has 0 saturated heterocycles. The number of hydrogen-bond donors (Lipinski definition) is 1. The largest absolute Gasteiger partial charge is 0.462 e. The van der Waals surface area contributed by atoms with Crippen LogP contribution in [0.25, 0.3) is 0 Å². The van der Waals surface area contributed by atoms with Crippen molar-refractivity contribution in [2.75, 3.05) is 11.9 Å². The van der Waals surface area contributed by atoms with Gasteiger partial charge in [-0.15, -0.1) is 0 Å². The van der Waals surface area contributed by atoms with Crippen LogP contribution in [0.3, 0.4) is 0 Å². The molecule has 0 radical (unpaired) electrons. The van der Waals surface area contributed by atoms with Crippen molar-refractivity contribution >= 4 is 23.3 Å². The van der Waals surface area contributed by atoms with Crippen molar-refractivity contribution in [3.8, 4) is 6.07 Å². The van der Waals surface area contributed by atoms with Gasteiger partial charge in [-0.2, -0.15) is 5.26 Å². The van der Waals surface area contributed by atoms with Crippen LogP contribution in [0.15, 0.2) is 30.1 Å². The standard InChI is InChI=1S/C11H10ClN3O2/c1-2-17-11(16)8(5-13)6-14-9-3-4-10(12)15-7-9/h3-4,6-7,14H,2H2,1H3/b8-6+. The van der Waals surface area contributed by atoms with Crippen LogP contribution in [-0.4, -0.2) is 17.6 Å². The van der Waals surface area contributed by atoms with E-state index in [4.69, 9.17) is 21.6 Å². The Morgan fingerprint density at radius 2 is 2.47 bits per heavy atom. The van der Waals surface area contributed by atoms with Crippen LogP contribution < -0.4 is 5.32 Å². The molecule has 1 rings (SSSR count). The quantitative estimate of drug-likeness (QED) is 0.384. The van der Waals surface area contributed by atoms with Crippen molar-refractivity contribution in [3.63, 3.8) is 0 Å². The first-order valence-electron chi connectivity index (χ1n) is 4.83. The van der Waals surface area contributed by atoms with Crippen LogP contribution >= 0.6 is 11.6 Å². The predicted octanol–water partition coefficient (Wildman–Crippen LogP) is 2.12. The summed E-state index contributed by atoms with van der Waals surface area (Å²) in [5, 5.41) is 11.9. The summed E-state index contributed by atoms with van der Waals surface area (Å²) >= 11 is 5.61. The molecule has 1 heterocycles. The zero-order valence-electron chi connectivity index (χ0n) is 9.11. The number of halogens is 1. The molecule has 88 valence electrons. The molecule has 0 unspecified atom stereocenters. The van der Waals surface area contributed by atoms with Crippen LogP contribution in [0.5, 0.6) is 0 Å². The summed E-state index contributed by atoms with van der Waals surface area (Å²) < 4.78 is 4.70. The second-order valence-electron chi connectivity index (χ2n) is 2.90. The maximum Gasteiger partial charge on any atom is 0.350 e. The highest BCUT2D eigenvalue weighted by atomic mass is 35.5. The SMILES string of the molecule is CCOC(=O)/C(C#N)=C/Nc1ccc(Cl)nc1. The smallest absolute Gasteiger partial charge is 0.350 e. The fourth-order valence-corrected chi connectivity index (χ4v) is 1.07. The third kappa shape index (κ3) is 4.13. The topological polar surface area (TPSA) is 75.0 Å². The number of anilines is 1. The van der Waals surface area contributed by atoms with Crippen molar-refractivity contribution in [3.05, 3.63) is 35.3 Å². The van der Waals surface area contributed by atoms with Gasteiger partial charge in [0.1, 0.15) is 11.2 Å². The number of pyridine rings is 1. The molecule has 0 bridgehead atoms. The summed E-state index contributed by atoms with van der Waals surface area (Å²) in [5.74, 6) is -0.663. The fraction of sp³-hybridized carbons (Fsp3) is 0.182. The molecule has 0 aliphatic heterocycles. The molecular weight excluding hydrogens is 242 g/mol. The van der Waals surface area contributed by atoms with Gasteiger partial charge in [-0.1, -0.05) is 11.6 Å². The Kier molecular flexibility index (Phi) is 4.98. The Morgan fingerprint density at radius 1 is 1.71 bits per heavy atom. The van der Waals surface area contributed by atoms with Gasteiger partial charge in [0.15, 0.2) is 5.57 Å². The minimum atomic E-state index is -0.663. The molecule has 0 aromatic carbocycles. The van der Waals surface area contributed by atoms with E-state index in [1.165, 1.54) is 12.4 Å². The van der Waals surface area contributed by atoms with Gasteiger partial charge < -0.3 is 10.1 Å². The van der Waals surface area contributed by atoms with Gasteiger partial charge in [0.25, 0.3) is 0 Å². The molecule has 0 fully saturated rings. The summed E-state index contributed by atoms with van der Waals surface area (Å²) in [6, 6.07) is 5.01. The number of hydrogen-bond acceptors (Lipinski definition) is 5. The van der Waals surface area contributed by atoms with E-state index in [1.807, 2.05) is 0 Å². The van der Waals surface area contributed by atoms with Crippen LogP contribution in [0.2, 0.25) is 5.15 Å². The highest BCUT2D eigenvalue weighted by molar-refractivity contribution is 6.29. The van der Waals surface area contributed by atoms with Gasteiger partial charge in [0, 0.05) is 6.20 Å². The molecule has 1 N–H and O–H groups in total. The first kappa shape index (κ1) is 13.0. The first-order chi connectivity index (χ1) is 8.17. The van der Waals surface area contributed by atoms with Gasteiger partial charge in [-0.3, -0.25) is 0 Å². The summed E-state index contributed by atoms with van der Waals surface area (Å²) in [5.41, 5.74) is 0.508. The number of ether oxygens (including phenoxy) is 1. The Balaban J connectivity index is 2.71. The lowest BCUT2D eigenvalue weighted by Gasteiger charge is -2.02. The lowest BCUT2D eigenvalue weighted by atomic mass is 10.3. The molecular formula is C11H10ClN3O2. The normalized spacial score (nSPS) is 10.5. The van der Waals surface area contributed by atoms with Gasteiger partial charge in [-0.05, 0) is 19.1 Å². The minimum absolute atomic E-state index is 0.109. The van der Waals surface area contributed by atoms with Crippen LogP contribution in [-0.2, 0) is 9.53 Å². The molecule has 1 aromatic rings. The average molecular weight is 252 g/mol. The van der Waals surface area contributed by atoms with Crippen LogP contribution in [0.1, 0.15) is 6.92 Å². The van der Waals surface area contributed by atoms with E-state index < -0.39 is 5.97 Å². The van der Waals surface area contributed by atoms with Gasteiger partial charge in [-0.25, -0.2) is 9.78 Å². The van der Waals surface area contributed by atoms with E-state index >= 15 is 0 Å². The lowest BCUT2D eigenvalue weighted by Crippen LogP contribution is -2.07. The summed E-state index contributed by atoms with van der Waals surface area (Å²) in [7, 11) is 0. The van der Waals surface area contributed by atoms with E-state index in [2.05, 4.69) is 10.3 Å². The molecule has 0 aliphatic rings. The van der Waals surface area contributed by atoms with Crippen LogP contribution in [0, 0.1) is 11.3 Å². The number of nitrogens with zero attached hydrogens (tertiary/aromatic N) is 2. The monoisotopic (exact) mass is 251 g/mol. The van der Waals surface area contributed by atoms with Gasteiger partial charge in [0.05, 0.1) is 18.5 Å². The Bertz CT molecular complexity index is 463. The number of nitriles is 1. The van der Waals surface area contributed by atoms with E-state index in [0.717, 1.165) is 0 Å². The summed E-state index contributed by atoms with van der Waals surface area (Å²) in [6.45, 7) is 1.89. The van der Waals surface area contributed by atoms with E-state index in [9.17, 15) is 4.79 Å². The number of esters is 1. The summed E-state index contributed by atoms with van der Waals surface area (Å²) in [6.07, 6.45) is 2.75. The molecule has 0 amide bonds. The van der Waals surface area contributed by atoms with Crippen molar-refractivity contribution in [2.45, 2.75) is 6.92 Å². The molecule has 0 aliphatic carbocycles. The van der Waals surface area contributed by atoms with Gasteiger partial charge >= 0.3 is 5.97 Å². The number of carbonyl (C=O) groups excluding carboxylic acids is 1. The third-order valence-corrected chi connectivity index (χ3v) is 1.95. The van der Waals surface area contributed by atoms with Crippen molar-refractivity contribution in [2.24, 2.45) is 0 Å². The molecule has 17 heavy (non-hydrogen) atoms. The molecule has 1 aromatic heterocycles. The number of nitrogens with one attached hydrogen (secondary N) is 1. The van der Waals surface area contributed by atoms with Crippen LogP contribution in [0.4, 0.5) is 5.69 Å². The number of rotatable bonds is 4. The van der Waals surface area contributed by atoms with Crippen molar-refractivity contribution in [1.29, 1.82) is 5.26 Å². The molecule has 5 nitrogen and oxygen atoms in total. The zero-order chi connectivity index (χ0) is 12.7. The van der Waals surface area contributed by atoms with E-state index in [0.29, 0.717) is 10.8 Å². The second-order valence-corrected chi connectivity index (χ2v) is 3.29. The highest BCUT2D eigenvalue weighted by Gasteiger charge is 2.08.